The lowest BCUT2D eigenvalue weighted by atomic mass is 10.3. The van der Waals surface area contributed by atoms with Gasteiger partial charge in [0.25, 0.3) is 0 Å². The average Bonchev–Trinajstić information content (AvgIpc) is 3.16. The molecular formula is C18H15ClN4O3S3. The zero-order valence-corrected chi connectivity index (χ0v) is 18.0. The van der Waals surface area contributed by atoms with Crippen molar-refractivity contribution in [2.75, 3.05) is 16.8 Å². The van der Waals surface area contributed by atoms with Crippen molar-refractivity contribution in [3.05, 3.63) is 53.6 Å². The second kappa shape index (κ2) is 10.5. The molecule has 11 heteroatoms. The molecule has 150 valence electrons. The first-order valence-corrected chi connectivity index (χ1v) is 11.4. The van der Waals surface area contributed by atoms with Crippen molar-refractivity contribution in [2.24, 2.45) is 5.73 Å². The second-order valence-electron chi connectivity index (χ2n) is 5.48. The summed E-state index contributed by atoms with van der Waals surface area (Å²) in [4.78, 5) is 22.9. The predicted octanol–water partition coefficient (Wildman–Crippen LogP) is 4.29. The fourth-order valence-electron chi connectivity index (χ4n) is 2.03. The van der Waals surface area contributed by atoms with Crippen LogP contribution in [0, 0.1) is 0 Å². The molecule has 0 spiro atoms. The molecule has 7 nitrogen and oxygen atoms in total. The van der Waals surface area contributed by atoms with Crippen LogP contribution in [-0.2, 0) is 9.59 Å². The molecule has 0 saturated carbocycles. The molecule has 0 atom stereocenters. The van der Waals surface area contributed by atoms with Crippen molar-refractivity contribution in [2.45, 2.75) is 8.68 Å². The molecule has 3 rings (SSSR count). The highest BCUT2D eigenvalue weighted by molar-refractivity contribution is 8.03. The summed E-state index contributed by atoms with van der Waals surface area (Å²) in [5.74, 6) is 0.926. The molecule has 29 heavy (non-hydrogen) atoms. The number of para-hydroxylation sites is 1. The number of nitrogens with two attached hydrogens (primary N) is 1. The Morgan fingerprint density at radius 3 is 2.34 bits per heavy atom. The largest absolute Gasteiger partial charge is 0.456 e. The molecule has 1 aromatic heterocycles. The van der Waals surface area contributed by atoms with E-state index in [9.17, 15) is 9.59 Å². The number of rotatable bonds is 9. The van der Waals surface area contributed by atoms with Crippen LogP contribution in [0.15, 0.2) is 57.2 Å². The van der Waals surface area contributed by atoms with E-state index in [0.29, 0.717) is 30.9 Å². The molecule has 0 radical (unpaired) electrons. The van der Waals surface area contributed by atoms with Gasteiger partial charge in [0.2, 0.25) is 11.8 Å². The van der Waals surface area contributed by atoms with Gasteiger partial charge in [-0.2, -0.15) is 0 Å². The summed E-state index contributed by atoms with van der Waals surface area (Å²) < 4.78 is 7.01. The number of carbonyl (C=O) groups excluding carboxylic acids is 2. The van der Waals surface area contributed by atoms with Crippen LogP contribution in [-0.4, -0.2) is 33.5 Å². The molecule has 0 fully saturated rings. The number of amides is 2. The maximum absolute atomic E-state index is 12.1. The van der Waals surface area contributed by atoms with Gasteiger partial charge in [-0.25, -0.2) is 0 Å². The number of halogens is 1. The Bertz CT molecular complexity index is 998. The Morgan fingerprint density at radius 2 is 1.69 bits per heavy atom. The Hall–Kier alpha value is -2.27. The number of hydrogen-bond donors (Lipinski definition) is 2. The van der Waals surface area contributed by atoms with Gasteiger partial charge in [0.1, 0.15) is 11.5 Å². The van der Waals surface area contributed by atoms with Gasteiger partial charge in [0, 0.05) is 5.69 Å². The van der Waals surface area contributed by atoms with E-state index in [1.54, 1.807) is 36.4 Å². The molecule has 0 aliphatic heterocycles. The fraction of sp³-hybridized carbons (Fsp3) is 0.111. The van der Waals surface area contributed by atoms with Crippen LogP contribution in [0.4, 0.5) is 5.69 Å². The van der Waals surface area contributed by atoms with Crippen LogP contribution in [0.1, 0.15) is 0 Å². The maximum Gasteiger partial charge on any atom is 0.234 e. The first-order chi connectivity index (χ1) is 14.0. The second-order valence-corrected chi connectivity index (χ2v) is 9.31. The van der Waals surface area contributed by atoms with Gasteiger partial charge in [-0.3, -0.25) is 9.59 Å². The smallest absolute Gasteiger partial charge is 0.234 e. The van der Waals surface area contributed by atoms with E-state index in [1.165, 1.54) is 34.9 Å². The minimum atomic E-state index is -0.415. The lowest BCUT2D eigenvalue weighted by Gasteiger charge is -2.09. The molecule has 0 bridgehead atoms. The molecule has 2 amide bonds. The molecule has 0 aliphatic carbocycles. The number of ether oxygens (including phenoxy) is 1. The minimum absolute atomic E-state index is 0.149. The number of nitrogens with zero attached hydrogens (tertiary/aromatic N) is 2. The number of hydrogen-bond acceptors (Lipinski definition) is 8. The fourth-order valence-corrected chi connectivity index (χ4v) is 4.77. The number of nitrogens with one attached hydrogen (secondary N) is 1. The molecule has 2 aromatic carbocycles. The lowest BCUT2D eigenvalue weighted by molar-refractivity contribution is -0.115. The Morgan fingerprint density at radius 1 is 1.03 bits per heavy atom. The van der Waals surface area contributed by atoms with E-state index in [4.69, 9.17) is 22.1 Å². The number of anilines is 1. The summed E-state index contributed by atoms with van der Waals surface area (Å²) in [7, 11) is 0. The van der Waals surface area contributed by atoms with Crippen LogP contribution in [0.25, 0.3) is 0 Å². The summed E-state index contributed by atoms with van der Waals surface area (Å²) in [5.41, 5.74) is 5.75. The predicted molar refractivity (Wildman–Crippen MR) is 117 cm³/mol. The summed E-state index contributed by atoms with van der Waals surface area (Å²) >= 11 is 9.89. The van der Waals surface area contributed by atoms with Gasteiger partial charge >= 0.3 is 0 Å². The quantitative estimate of drug-likeness (QED) is 0.453. The van der Waals surface area contributed by atoms with Gasteiger partial charge in [0.05, 0.1) is 16.5 Å². The van der Waals surface area contributed by atoms with Crippen LogP contribution in [0.5, 0.6) is 11.5 Å². The Labute approximate surface area is 184 Å². The van der Waals surface area contributed by atoms with E-state index >= 15 is 0 Å². The van der Waals surface area contributed by atoms with Crippen LogP contribution < -0.4 is 15.8 Å². The number of benzene rings is 2. The summed E-state index contributed by atoms with van der Waals surface area (Å²) in [6.45, 7) is 0. The van der Waals surface area contributed by atoms with E-state index in [1.807, 2.05) is 12.1 Å². The summed E-state index contributed by atoms with van der Waals surface area (Å²) in [6.07, 6.45) is 0. The average molecular weight is 467 g/mol. The molecule has 3 aromatic rings. The van der Waals surface area contributed by atoms with Gasteiger partial charge in [-0.15, -0.1) is 10.2 Å². The highest BCUT2D eigenvalue weighted by Crippen LogP contribution is 2.30. The van der Waals surface area contributed by atoms with E-state index in [0.717, 1.165) is 0 Å². The maximum atomic E-state index is 12.1. The molecule has 0 saturated heterocycles. The summed E-state index contributed by atoms with van der Waals surface area (Å²) in [6, 6.07) is 14.2. The zero-order valence-electron chi connectivity index (χ0n) is 14.8. The van der Waals surface area contributed by atoms with Gasteiger partial charge in [-0.05, 0) is 36.4 Å². The molecule has 1 heterocycles. The first kappa shape index (κ1) is 21.4. The molecule has 0 aliphatic rings. The zero-order chi connectivity index (χ0) is 20.6. The SMILES string of the molecule is NC(=O)CSc1nnc(SCC(=O)Nc2ccc(Oc3ccccc3Cl)cc2)s1. The third-order valence-corrected chi connectivity index (χ3v) is 6.78. The van der Waals surface area contributed by atoms with Gasteiger partial charge in [0.15, 0.2) is 8.68 Å². The first-order valence-electron chi connectivity index (χ1n) is 8.19. The van der Waals surface area contributed by atoms with E-state index in [-0.39, 0.29) is 17.4 Å². The summed E-state index contributed by atoms with van der Waals surface area (Å²) in [5, 5.41) is 11.3. The Balaban J connectivity index is 1.47. The normalized spacial score (nSPS) is 10.5. The van der Waals surface area contributed by atoms with Crippen molar-refractivity contribution in [3.63, 3.8) is 0 Å². The number of thioether (sulfide) groups is 2. The molecular weight excluding hydrogens is 452 g/mol. The van der Waals surface area contributed by atoms with Crippen LogP contribution in [0.2, 0.25) is 5.02 Å². The number of primary amides is 1. The van der Waals surface area contributed by atoms with Crippen molar-refractivity contribution in [1.82, 2.24) is 10.2 Å². The topological polar surface area (TPSA) is 107 Å². The van der Waals surface area contributed by atoms with Gasteiger partial charge in [-0.1, -0.05) is 58.6 Å². The highest BCUT2D eigenvalue weighted by Gasteiger charge is 2.10. The van der Waals surface area contributed by atoms with Crippen molar-refractivity contribution < 1.29 is 14.3 Å². The lowest BCUT2D eigenvalue weighted by Crippen LogP contribution is -2.13. The van der Waals surface area contributed by atoms with E-state index in [2.05, 4.69) is 15.5 Å². The van der Waals surface area contributed by atoms with Crippen molar-refractivity contribution in [1.29, 1.82) is 0 Å². The van der Waals surface area contributed by atoms with E-state index < -0.39 is 5.91 Å². The minimum Gasteiger partial charge on any atom is -0.456 e. The third kappa shape index (κ3) is 6.93. The number of aromatic nitrogens is 2. The molecule has 0 unspecified atom stereocenters. The monoisotopic (exact) mass is 466 g/mol. The Kier molecular flexibility index (Phi) is 7.76. The van der Waals surface area contributed by atoms with Crippen LogP contribution in [0.3, 0.4) is 0 Å². The van der Waals surface area contributed by atoms with Crippen molar-refractivity contribution in [3.8, 4) is 11.5 Å². The molecule has 3 N–H and O–H groups in total. The standard InChI is InChI=1S/C18H15ClN4O3S3/c19-13-3-1-2-4-14(13)26-12-7-5-11(6-8-12)21-16(25)10-28-18-23-22-17(29-18)27-9-15(20)24/h1-8H,9-10H2,(H2,20,24)(H,21,25). The highest BCUT2D eigenvalue weighted by atomic mass is 35.5. The third-order valence-electron chi connectivity index (χ3n) is 3.26. The van der Waals surface area contributed by atoms with Gasteiger partial charge < -0.3 is 15.8 Å². The van der Waals surface area contributed by atoms with Crippen molar-refractivity contribution >= 4 is 64.0 Å². The van der Waals surface area contributed by atoms with Crippen LogP contribution >= 0.6 is 46.5 Å². The number of carbonyl (C=O) groups is 2.